The summed E-state index contributed by atoms with van der Waals surface area (Å²) in [7, 11) is 0. The molecular weight excluding hydrogens is 712 g/mol. The number of rotatable bonds is 34. The topological polar surface area (TPSA) is 348 Å². The van der Waals surface area contributed by atoms with Gasteiger partial charge in [0.2, 0.25) is 0 Å². The van der Waals surface area contributed by atoms with Crippen LogP contribution in [0.3, 0.4) is 0 Å². The Labute approximate surface area is 297 Å². The molecule has 0 bridgehead atoms. The first-order valence-corrected chi connectivity index (χ1v) is 15.4. The van der Waals surface area contributed by atoms with Gasteiger partial charge in [-0.2, -0.15) is 0 Å². The molecule has 0 saturated carbocycles. The van der Waals surface area contributed by atoms with E-state index in [2.05, 4.69) is 0 Å². The standard InChI is InChI=1S/2C14H24N2O10/c2*17-11(18)7-15(8-12(19)20)1-3-25-5-6-26-4-2-16(9-13(21)22)10-14(23)24/h2*1-10H2,(H,17,18)(H,19,20)(H,21,22)(H,23,24). The van der Waals surface area contributed by atoms with Crippen LogP contribution < -0.4 is 0 Å². The number of hydrogen-bond donors (Lipinski definition) is 8. The number of carboxylic acids is 8. The summed E-state index contributed by atoms with van der Waals surface area (Å²) in [5.74, 6) is -9.10. The lowest BCUT2D eigenvalue weighted by Crippen LogP contribution is -2.37. The van der Waals surface area contributed by atoms with Crippen LogP contribution in [0.5, 0.6) is 0 Å². The monoisotopic (exact) mass is 760 g/mol. The van der Waals surface area contributed by atoms with Crippen LogP contribution in [0.15, 0.2) is 0 Å². The van der Waals surface area contributed by atoms with Crippen molar-refractivity contribution >= 4 is 47.8 Å². The highest BCUT2D eigenvalue weighted by Crippen LogP contribution is 1.94. The highest BCUT2D eigenvalue weighted by atomic mass is 16.5. The molecule has 0 rings (SSSR count). The molecule has 0 amide bonds. The van der Waals surface area contributed by atoms with Gasteiger partial charge >= 0.3 is 47.8 Å². The fourth-order valence-corrected chi connectivity index (χ4v) is 3.80. The zero-order valence-electron chi connectivity index (χ0n) is 28.4. The van der Waals surface area contributed by atoms with Crippen LogP contribution in [-0.2, 0) is 57.3 Å². The fraction of sp³-hybridized carbons (Fsp3) is 0.714. The smallest absolute Gasteiger partial charge is 0.317 e. The van der Waals surface area contributed by atoms with Crippen LogP contribution >= 0.6 is 0 Å². The van der Waals surface area contributed by atoms with Crippen LogP contribution in [0.1, 0.15) is 0 Å². The molecule has 0 atom stereocenters. The minimum absolute atomic E-state index is 0.119. The Balaban J connectivity index is 0. The quantitative estimate of drug-likeness (QED) is 0.0289. The summed E-state index contributed by atoms with van der Waals surface area (Å²) in [6.07, 6.45) is 0. The van der Waals surface area contributed by atoms with Gasteiger partial charge in [-0.25, -0.2) is 0 Å². The maximum absolute atomic E-state index is 10.6. The maximum atomic E-state index is 10.6. The summed E-state index contributed by atoms with van der Waals surface area (Å²) >= 11 is 0. The highest BCUT2D eigenvalue weighted by molar-refractivity contribution is 5.74. The Morgan fingerprint density at radius 3 is 0.519 bits per heavy atom. The van der Waals surface area contributed by atoms with Crippen molar-refractivity contribution in [3.05, 3.63) is 0 Å². The Morgan fingerprint density at radius 2 is 0.404 bits per heavy atom. The van der Waals surface area contributed by atoms with Gasteiger partial charge in [-0.15, -0.1) is 0 Å². The van der Waals surface area contributed by atoms with Crippen LogP contribution in [-0.4, -0.2) is 240 Å². The van der Waals surface area contributed by atoms with Crippen LogP contribution in [0.4, 0.5) is 0 Å². The number of nitrogens with zero attached hydrogens (tertiary/aromatic N) is 4. The van der Waals surface area contributed by atoms with Crippen LogP contribution in [0.25, 0.3) is 0 Å². The molecule has 0 aliphatic carbocycles. The lowest BCUT2D eigenvalue weighted by molar-refractivity contribution is -0.144. The molecule has 24 nitrogen and oxygen atoms in total. The van der Waals surface area contributed by atoms with Crippen molar-refractivity contribution in [2.75, 3.05) is 131 Å². The molecule has 0 heterocycles. The lowest BCUT2D eigenvalue weighted by Gasteiger charge is -2.18. The second-order valence-corrected chi connectivity index (χ2v) is 10.4. The van der Waals surface area contributed by atoms with Gasteiger partial charge in [-0.3, -0.25) is 58.0 Å². The molecule has 0 aromatic rings. The van der Waals surface area contributed by atoms with E-state index in [1.54, 1.807) is 0 Å². The van der Waals surface area contributed by atoms with Crippen molar-refractivity contribution in [3.63, 3.8) is 0 Å². The number of ether oxygens (including phenoxy) is 4. The lowest BCUT2D eigenvalue weighted by atomic mass is 10.4. The van der Waals surface area contributed by atoms with Crippen molar-refractivity contribution in [2.45, 2.75) is 0 Å². The molecule has 0 fully saturated rings. The molecule has 0 aliphatic heterocycles. The molecule has 0 unspecified atom stereocenters. The third-order valence-corrected chi connectivity index (χ3v) is 5.82. The van der Waals surface area contributed by atoms with Gasteiger partial charge in [0, 0.05) is 26.2 Å². The van der Waals surface area contributed by atoms with Gasteiger partial charge in [0.1, 0.15) is 0 Å². The summed E-state index contributed by atoms with van der Waals surface area (Å²) < 4.78 is 20.8. The summed E-state index contributed by atoms with van der Waals surface area (Å²) in [5.41, 5.74) is 0. The highest BCUT2D eigenvalue weighted by Gasteiger charge is 2.16. The van der Waals surface area contributed by atoms with Gasteiger partial charge in [0.05, 0.1) is 105 Å². The van der Waals surface area contributed by atoms with Crippen molar-refractivity contribution in [2.24, 2.45) is 0 Å². The predicted molar refractivity (Wildman–Crippen MR) is 170 cm³/mol. The molecule has 8 N–H and O–H groups in total. The number of hydrogen-bond acceptors (Lipinski definition) is 16. The molecule has 0 aliphatic rings. The van der Waals surface area contributed by atoms with Gasteiger partial charge in [-0.1, -0.05) is 0 Å². The summed E-state index contributed by atoms with van der Waals surface area (Å²) in [6, 6.07) is 0. The summed E-state index contributed by atoms with van der Waals surface area (Å²) in [4.78, 5) is 89.8. The van der Waals surface area contributed by atoms with Crippen molar-refractivity contribution in [1.29, 1.82) is 0 Å². The predicted octanol–water partition coefficient (Wildman–Crippen LogP) is -4.08. The number of carboxylic acid groups (broad SMARTS) is 8. The molecule has 0 spiro atoms. The second kappa shape index (κ2) is 31.2. The molecule has 0 aromatic carbocycles. The van der Waals surface area contributed by atoms with Gasteiger partial charge in [0.25, 0.3) is 0 Å². The first-order valence-electron chi connectivity index (χ1n) is 15.4. The zero-order valence-corrected chi connectivity index (χ0v) is 28.4. The molecule has 24 heteroatoms. The Morgan fingerprint density at radius 1 is 0.269 bits per heavy atom. The average molecular weight is 761 g/mol. The van der Waals surface area contributed by atoms with Crippen molar-refractivity contribution < 1.29 is 98.2 Å². The molecule has 0 saturated heterocycles. The van der Waals surface area contributed by atoms with E-state index in [-0.39, 0.29) is 79.0 Å². The largest absolute Gasteiger partial charge is 0.480 e. The maximum Gasteiger partial charge on any atom is 0.317 e. The average Bonchev–Trinajstić information content (AvgIpc) is 2.97. The summed E-state index contributed by atoms with van der Waals surface area (Å²) in [5, 5.41) is 69.4. The molecular formula is C28H48N4O20. The number of carbonyl (C=O) groups is 8. The third kappa shape index (κ3) is 36.7. The number of aliphatic carboxylic acids is 8. The van der Waals surface area contributed by atoms with E-state index in [0.29, 0.717) is 0 Å². The second-order valence-electron chi connectivity index (χ2n) is 10.4. The van der Waals surface area contributed by atoms with E-state index < -0.39 is 100 Å². The van der Waals surface area contributed by atoms with Crippen molar-refractivity contribution in [1.82, 2.24) is 19.6 Å². The molecule has 0 aromatic heterocycles. The van der Waals surface area contributed by atoms with Crippen LogP contribution in [0, 0.1) is 0 Å². The van der Waals surface area contributed by atoms with Gasteiger partial charge in [-0.05, 0) is 0 Å². The normalized spacial score (nSPS) is 11.0. The summed E-state index contributed by atoms with van der Waals surface area (Å²) in [6.45, 7) is -1.58. The molecule has 300 valence electrons. The zero-order chi connectivity index (χ0) is 39.9. The Kier molecular flexibility index (Phi) is 29.7. The Hall–Kier alpha value is -4.56. The van der Waals surface area contributed by atoms with E-state index in [4.69, 9.17) is 59.8 Å². The van der Waals surface area contributed by atoms with E-state index in [1.807, 2.05) is 0 Å². The molecule has 0 radical (unpaired) electrons. The minimum atomic E-state index is -1.14. The van der Waals surface area contributed by atoms with Crippen molar-refractivity contribution in [3.8, 4) is 0 Å². The first kappa shape index (κ1) is 49.6. The van der Waals surface area contributed by atoms with E-state index >= 15 is 0 Å². The fourth-order valence-electron chi connectivity index (χ4n) is 3.80. The van der Waals surface area contributed by atoms with Gasteiger partial charge < -0.3 is 59.8 Å². The first-order chi connectivity index (χ1) is 24.4. The van der Waals surface area contributed by atoms with Gasteiger partial charge in [0.15, 0.2) is 0 Å². The molecule has 52 heavy (non-hydrogen) atoms. The van der Waals surface area contributed by atoms with Crippen LogP contribution in [0.2, 0.25) is 0 Å². The van der Waals surface area contributed by atoms with E-state index in [9.17, 15) is 38.4 Å². The van der Waals surface area contributed by atoms with E-state index in [0.717, 1.165) is 0 Å². The minimum Gasteiger partial charge on any atom is -0.480 e. The third-order valence-electron chi connectivity index (χ3n) is 5.82. The SMILES string of the molecule is O=C(O)CN(CCOCCOCCN(CC(=O)O)CC(=O)O)CC(=O)O.O=C(O)CN(CCOCCOCCN(CC(=O)O)CC(=O)O)CC(=O)O. The Bertz CT molecular complexity index is 877. The van der Waals surface area contributed by atoms with E-state index in [1.165, 1.54) is 19.6 Å².